The Kier molecular flexibility index (Phi) is 6.24. The van der Waals surface area contributed by atoms with Gasteiger partial charge in [0.05, 0.1) is 4.92 Å². The van der Waals surface area contributed by atoms with Gasteiger partial charge in [-0.25, -0.2) is 0 Å². The van der Waals surface area contributed by atoms with Gasteiger partial charge in [0.25, 0.3) is 5.69 Å². The van der Waals surface area contributed by atoms with Crippen LogP contribution in [0.3, 0.4) is 0 Å². The maximum atomic E-state index is 10.7. The van der Waals surface area contributed by atoms with Gasteiger partial charge in [0.15, 0.2) is 0 Å². The Morgan fingerprint density at radius 2 is 1.81 bits per heavy atom. The fourth-order valence-corrected chi connectivity index (χ4v) is 1.55. The van der Waals surface area contributed by atoms with Crippen molar-refractivity contribution in [2.24, 2.45) is 0 Å². The highest BCUT2D eigenvalue weighted by atomic mass is 16.6. The van der Waals surface area contributed by atoms with Crippen molar-refractivity contribution in [2.45, 2.75) is 12.8 Å². The Bertz CT molecular complexity index is 355. The monoisotopic (exact) mass is 228 g/mol. The summed E-state index contributed by atoms with van der Waals surface area (Å²) in [5.41, 5.74) is 1.25. The number of nitro benzene ring substituents is 1. The molecule has 0 amide bonds. The van der Waals surface area contributed by atoms with Crippen molar-refractivity contribution in [1.82, 2.24) is 6.15 Å². The van der Waals surface area contributed by atoms with Gasteiger partial charge in [-0.15, -0.1) is 0 Å². The van der Waals surface area contributed by atoms with E-state index in [1.807, 2.05) is 0 Å². The molecule has 0 unspecified atom stereocenters. The first-order chi connectivity index (χ1) is 7.20. The first-order valence-electron chi connectivity index (χ1n) is 4.67. The van der Waals surface area contributed by atoms with Crippen molar-refractivity contribution in [3.05, 3.63) is 39.4 Å². The number of aliphatic hydroxyl groups is 2. The van der Waals surface area contributed by atoms with Gasteiger partial charge in [0.1, 0.15) is 0 Å². The van der Waals surface area contributed by atoms with Crippen LogP contribution in [0, 0.1) is 10.1 Å². The molecule has 90 valence electrons. The lowest BCUT2D eigenvalue weighted by molar-refractivity contribution is -0.385. The first-order valence-corrected chi connectivity index (χ1v) is 4.67. The Morgan fingerprint density at radius 1 is 1.19 bits per heavy atom. The summed E-state index contributed by atoms with van der Waals surface area (Å²) in [5, 5.41) is 28.4. The number of benzene rings is 1. The lowest BCUT2D eigenvalue weighted by Gasteiger charge is -2.07. The zero-order valence-electron chi connectivity index (χ0n) is 8.93. The molecule has 6 nitrogen and oxygen atoms in total. The van der Waals surface area contributed by atoms with Crippen molar-refractivity contribution in [1.29, 1.82) is 0 Å². The molecule has 16 heavy (non-hydrogen) atoms. The van der Waals surface area contributed by atoms with Crippen LogP contribution in [-0.2, 0) is 12.8 Å². The van der Waals surface area contributed by atoms with E-state index in [1.54, 1.807) is 12.1 Å². The highest BCUT2D eigenvalue weighted by Gasteiger charge is 2.15. The predicted molar refractivity (Wildman–Crippen MR) is 59.7 cm³/mol. The Balaban J connectivity index is 0.00000225. The summed E-state index contributed by atoms with van der Waals surface area (Å²) >= 11 is 0. The third-order valence-electron chi connectivity index (χ3n) is 2.19. The quantitative estimate of drug-likeness (QED) is 0.509. The maximum absolute atomic E-state index is 10.7. The van der Waals surface area contributed by atoms with Gasteiger partial charge in [-0.05, 0) is 12.0 Å². The molecule has 0 aliphatic rings. The van der Waals surface area contributed by atoms with Crippen molar-refractivity contribution in [3.63, 3.8) is 0 Å². The van der Waals surface area contributed by atoms with E-state index >= 15 is 0 Å². The fourth-order valence-electron chi connectivity index (χ4n) is 1.55. The van der Waals surface area contributed by atoms with Crippen molar-refractivity contribution >= 4 is 5.69 Å². The zero-order valence-corrected chi connectivity index (χ0v) is 8.93. The molecule has 0 radical (unpaired) electrons. The first kappa shape index (κ1) is 14.5. The van der Waals surface area contributed by atoms with Crippen LogP contribution in [0.1, 0.15) is 11.1 Å². The van der Waals surface area contributed by atoms with Crippen molar-refractivity contribution < 1.29 is 15.1 Å². The molecule has 5 N–H and O–H groups in total. The van der Waals surface area contributed by atoms with E-state index in [2.05, 4.69) is 0 Å². The van der Waals surface area contributed by atoms with E-state index in [1.165, 1.54) is 6.07 Å². The summed E-state index contributed by atoms with van der Waals surface area (Å²) in [6.45, 7) is -0.192. The van der Waals surface area contributed by atoms with Gasteiger partial charge >= 0.3 is 0 Å². The molecule has 0 aromatic heterocycles. The lowest BCUT2D eigenvalue weighted by atomic mass is 10.0. The number of nitrogens with zero attached hydrogens (tertiary/aromatic N) is 1. The van der Waals surface area contributed by atoms with Crippen molar-refractivity contribution in [3.8, 4) is 0 Å². The zero-order chi connectivity index (χ0) is 11.3. The summed E-state index contributed by atoms with van der Waals surface area (Å²) in [6.07, 6.45) is 0.615. The summed E-state index contributed by atoms with van der Waals surface area (Å²) in [7, 11) is 0. The number of nitro groups is 1. The van der Waals surface area contributed by atoms with Crippen LogP contribution in [0.2, 0.25) is 0 Å². The van der Waals surface area contributed by atoms with Gasteiger partial charge in [0.2, 0.25) is 0 Å². The predicted octanol–water partition coefficient (Wildman–Crippen LogP) is 0.826. The number of hydrogen-bond donors (Lipinski definition) is 3. The topological polar surface area (TPSA) is 119 Å². The molecule has 0 aliphatic heterocycles. The molecule has 6 heteroatoms. The Labute approximate surface area is 93.3 Å². The fraction of sp³-hybridized carbons (Fsp3) is 0.400. The van der Waals surface area contributed by atoms with E-state index in [4.69, 9.17) is 10.2 Å². The van der Waals surface area contributed by atoms with Crippen LogP contribution in [0.5, 0.6) is 0 Å². The second-order valence-electron chi connectivity index (χ2n) is 3.12. The largest absolute Gasteiger partial charge is 0.396 e. The highest BCUT2D eigenvalue weighted by Crippen LogP contribution is 2.23. The molecule has 0 saturated carbocycles. The SMILES string of the molecule is N.O=[N+]([O-])c1cccc(CCO)c1CCO. The van der Waals surface area contributed by atoms with Crippen molar-refractivity contribution in [2.75, 3.05) is 13.2 Å². The molecule has 1 rings (SSSR count). The van der Waals surface area contributed by atoms with E-state index in [0.717, 1.165) is 5.56 Å². The summed E-state index contributed by atoms with van der Waals surface area (Å²) < 4.78 is 0. The Hall–Kier alpha value is -1.50. The molecule has 0 heterocycles. The van der Waals surface area contributed by atoms with Crippen LogP contribution in [0.15, 0.2) is 18.2 Å². The number of rotatable bonds is 5. The average Bonchev–Trinajstić information content (AvgIpc) is 2.21. The summed E-state index contributed by atoms with van der Waals surface area (Å²) in [4.78, 5) is 10.2. The second kappa shape index (κ2) is 6.89. The molecular formula is C10H16N2O4. The van der Waals surface area contributed by atoms with E-state index in [-0.39, 0.29) is 31.5 Å². The van der Waals surface area contributed by atoms with E-state index in [0.29, 0.717) is 12.0 Å². The Morgan fingerprint density at radius 3 is 2.31 bits per heavy atom. The summed E-state index contributed by atoms with van der Waals surface area (Å²) in [5.74, 6) is 0. The summed E-state index contributed by atoms with van der Waals surface area (Å²) in [6, 6.07) is 4.73. The van der Waals surface area contributed by atoms with Gasteiger partial charge < -0.3 is 16.4 Å². The van der Waals surface area contributed by atoms with Gasteiger partial charge in [-0.3, -0.25) is 10.1 Å². The normalized spacial score (nSPS) is 9.62. The van der Waals surface area contributed by atoms with Gasteiger partial charge in [-0.2, -0.15) is 0 Å². The van der Waals surface area contributed by atoms with Crippen LogP contribution in [-0.4, -0.2) is 28.4 Å². The molecule has 1 aromatic carbocycles. The second-order valence-corrected chi connectivity index (χ2v) is 3.12. The van der Waals surface area contributed by atoms with Crippen LogP contribution < -0.4 is 6.15 Å². The van der Waals surface area contributed by atoms with Crippen LogP contribution in [0.25, 0.3) is 0 Å². The molecule has 0 atom stereocenters. The van der Waals surface area contributed by atoms with Gasteiger partial charge in [-0.1, -0.05) is 12.1 Å². The van der Waals surface area contributed by atoms with Gasteiger partial charge in [0, 0.05) is 31.3 Å². The van der Waals surface area contributed by atoms with E-state index in [9.17, 15) is 10.1 Å². The molecular weight excluding hydrogens is 212 g/mol. The molecule has 0 fully saturated rings. The smallest absolute Gasteiger partial charge is 0.272 e. The van der Waals surface area contributed by atoms with Crippen LogP contribution >= 0.6 is 0 Å². The number of aliphatic hydroxyl groups excluding tert-OH is 2. The minimum Gasteiger partial charge on any atom is -0.396 e. The highest BCUT2D eigenvalue weighted by molar-refractivity contribution is 5.45. The van der Waals surface area contributed by atoms with E-state index < -0.39 is 4.92 Å². The molecule has 0 saturated heterocycles. The average molecular weight is 228 g/mol. The minimum absolute atomic E-state index is 0. The standard InChI is InChI=1S/C10H13NO4.H3N/c12-6-4-8-2-1-3-10(11(14)15)9(8)5-7-13;/h1-3,12-13H,4-7H2;1H3. The maximum Gasteiger partial charge on any atom is 0.272 e. The minimum atomic E-state index is -0.466. The molecule has 0 bridgehead atoms. The third-order valence-corrected chi connectivity index (χ3v) is 2.19. The molecule has 0 spiro atoms. The third kappa shape index (κ3) is 3.27. The molecule has 0 aliphatic carbocycles. The van der Waals surface area contributed by atoms with Crippen LogP contribution in [0.4, 0.5) is 5.69 Å². The molecule has 1 aromatic rings. The lowest BCUT2D eigenvalue weighted by Crippen LogP contribution is -2.04. The number of hydrogen-bond acceptors (Lipinski definition) is 5.